The molecule has 0 radical (unpaired) electrons. The predicted octanol–water partition coefficient (Wildman–Crippen LogP) is 3.95. The Morgan fingerprint density at radius 1 is 0.966 bits per heavy atom. The highest BCUT2D eigenvalue weighted by Crippen LogP contribution is 2.31. The van der Waals surface area contributed by atoms with Gasteiger partial charge in [0, 0.05) is 29.2 Å². The summed E-state index contributed by atoms with van der Waals surface area (Å²) in [5.74, 6) is 1.92. The lowest BCUT2D eigenvalue weighted by atomic mass is 10.2. The molecule has 0 fully saturated rings. The number of hydrogen-bond donors (Lipinski definition) is 2. The van der Waals surface area contributed by atoms with Gasteiger partial charge in [0.2, 0.25) is 5.91 Å². The number of amides is 1. The second-order valence-electron chi connectivity index (χ2n) is 6.47. The molecule has 3 aromatic rings. The van der Waals surface area contributed by atoms with Crippen LogP contribution in [0.4, 0.5) is 17.2 Å². The third-order valence-corrected chi connectivity index (χ3v) is 4.22. The summed E-state index contributed by atoms with van der Waals surface area (Å²) in [4.78, 5) is 20.4. The van der Waals surface area contributed by atoms with Crippen LogP contribution in [0.1, 0.15) is 11.3 Å². The summed E-state index contributed by atoms with van der Waals surface area (Å²) in [6, 6.07) is 14.8. The molecule has 0 spiro atoms. The van der Waals surface area contributed by atoms with Crippen molar-refractivity contribution in [1.82, 2.24) is 9.97 Å². The van der Waals surface area contributed by atoms with Gasteiger partial charge in [-0.2, -0.15) is 0 Å². The van der Waals surface area contributed by atoms with E-state index in [4.69, 9.17) is 9.47 Å². The molecule has 0 saturated heterocycles. The zero-order valence-corrected chi connectivity index (χ0v) is 15.9. The molecular weight excluding hydrogens is 368 g/mol. The molecule has 0 bridgehead atoms. The highest BCUT2D eigenvalue weighted by atomic mass is 16.6. The summed E-state index contributed by atoms with van der Waals surface area (Å²) < 4.78 is 11.0. The summed E-state index contributed by atoms with van der Waals surface area (Å²) in [6.07, 6.45) is 4.74. The van der Waals surface area contributed by atoms with E-state index in [-0.39, 0.29) is 5.91 Å². The van der Waals surface area contributed by atoms with Crippen LogP contribution in [0.15, 0.2) is 60.9 Å². The van der Waals surface area contributed by atoms with Gasteiger partial charge in [-0.1, -0.05) is 6.07 Å². The maximum Gasteiger partial charge on any atom is 0.248 e. The molecule has 2 N–H and O–H groups in total. The van der Waals surface area contributed by atoms with Gasteiger partial charge in [-0.3, -0.25) is 4.79 Å². The van der Waals surface area contributed by atoms with Gasteiger partial charge in [-0.15, -0.1) is 0 Å². The van der Waals surface area contributed by atoms with Crippen molar-refractivity contribution in [2.24, 2.45) is 0 Å². The maximum absolute atomic E-state index is 12.2. The average Bonchev–Trinajstić information content (AvgIpc) is 2.73. The Labute approximate surface area is 168 Å². The summed E-state index contributed by atoms with van der Waals surface area (Å²) in [7, 11) is 0. The number of aromatic nitrogens is 2. The zero-order chi connectivity index (χ0) is 20.1. The van der Waals surface area contributed by atoms with Crippen molar-refractivity contribution in [2.75, 3.05) is 23.8 Å². The Morgan fingerprint density at radius 2 is 1.72 bits per heavy atom. The van der Waals surface area contributed by atoms with Crippen LogP contribution >= 0.6 is 0 Å². The van der Waals surface area contributed by atoms with Crippen LogP contribution in [-0.4, -0.2) is 29.1 Å². The molecule has 1 amide bonds. The molecule has 0 aliphatic carbocycles. The van der Waals surface area contributed by atoms with Gasteiger partial charge in [0.1, 0.15) is 25.4 Å². The number of anilines is 3. The molecule has 2 aromatic carbocycles. The molecule has 2 heterocycles. The molecular formula is C22H20N4O3. The van der Waals surface area contributed by atoms with E-state index in [1.54, 1.807) is 6.08 Å². The molecule has 1 aliphatic heterocycles. The van der Waals surface area contributed by atoms with E-state index in [2.05, 4.69) is 20.6 Å². The first kappa shape index (κ1) is 18.5. The standard InChI is InChI=1S/C22H20N4O3/c1-15-12-21(24-14-23-15)25-17-4-6-18(7-5-17)26-22(27)9-3-16-2-8-19-20(13-16)29-11-10-28-19/h2-9,12-14H,10-11H2,1H3,(H,26,27)(H,23,24,25)/b9-3-. The van der Waals surface area contributed by atoms with Gasteiger partial charge in [-0.05, 0) is 55.0 Å². The minimum atomic E-state index is -0.216. The van der Waals surface area contributed by atoms with E-state index in [0.29, 0.717) is 24.7 Å². The summed E-state index contributed by atoms with van der Waals surface area (Å²) >= 11 is 0. The van der Waals surface area contributed by atoms with Gasteiger partial charge in [0.05, 0.1) is 0 Å². The fraction of sp³-hybridized carbons (Fsp3) is 0.136. The molecule has 4 rings (SSSR count). The quantitative estimate of drug-likeness (QED) is 0.644. The Balaban J connectivity index is 1.35. The number of rotatable bonds is 5. The minimum Gasteiger partial charge on any atom is -0.486 e. The molecule has 0 atom stereocenters. The summed E-state index contributed by atoms with van der Waals surface area (Å²) in [6.45, 7) is 2.99. The first-order valence-corrected chi connectivity index (χ1v) is 9.20. The fourth-order valence-corrected chi connectivity index (χ4v) is 2.83. The topological polar surface area (TPSA) is 85.4 Å². The van der Waals surface area contributed by atoms with E-state index < -0.39 is 0 Å². The van der Waals surface area contributed by atoms with Crippen molar-refractivity contribution in [1.29, 1.82) is 0 Å². The molecule has 7 nitrogen and oxygen atoms in total. The molecule has 1 aromatic heterocycles. The smallest absolute Gasteiger partial charge is 0.248 e. The first-order valence-electron chi connectivity index (χ1n) is 9.20. The summed E-state index contributed by atoms with van der Waals surface area (Å²) in [5, 5.41) is 6.04. The van der Waals surface area contributed by atoms with E-state index in [1.165, 1.54) is 12.4 Å². The van der Waals surface area contributed by atoms with Crippen molar-refractivity contribution in [3.05, 3.63) is 72.2 Å². The van der Waals surface area contributed by atoms with Gasteiger partial charge in [0.15, 0.2) is 11.5 Å². The lowest BCUT2D eigenvalue weighted by Crippen LogP contribution is -2.15. The molecule has 7 heteroatoms. The third-order valence-electron chi connectivity index (χ3n) is 4.22. The van der Waals surface area contributed by atoms with E-state index in [9.17, 15) is 4.79 Å². The molecule has 0 saturated carbocycles. The van der Waals surface area contributed by atoms with Crippen LogP contribution in [0.2, 0.25) is 0 Å². The van der Waals surface area contributed by atoms with Crippen LogP contribution in [0.3, 0.4) is 0 Å². The number of carbonyl (C=O) groups is 1. The van der Waals surface area contributed by atoms with Crippen molar-refractivity contribution in [3.8, 4) is 11.5 Å². The fourth-order valence-electron chi connectivity index (χ4n) is 2.83. The van der Waals surface area contributed by atoms with Crippen LogP contribution in [0, 0.1) is 6.92 Å². The number of benzene rings is 2. The average molecular weight is 388 g/mol. The molecule has 29 heavy (non-hydrogen) atoms. The van der Waals surface area contributed by atoms with Gasteiger partial charge in [0.25, 0.3) is 0 Å². The molecule has 146 valence electrons. The monoisotopic (exact) mass is 388 g/mol. The molecule has 1 aliphatic rings. The maximum atomic E-state index is 12.2. The van der Waals surface area contributed by atoms with E-state index in [0.717, 1.165) is 28.5 Å². The van der Waals surface area contributed by atoms with Gasteiger partial charge in [-0.25, -0.2) is 9.97 Å². The first-order chi connectivity index (χ1) is 14.2. The highest BCUT2D eigenvalue weighted by Gasteiger charge is 2.10. The third kappa shape index (κ3) is 4.90. The number of ether oxygens (including phenoxy) is 2. The van der Waals surface area contributed by atoms with Crippen LogP contribution in [0.5, 0.6) is 11.5 Å². The SMILES string of the molecule is Cc1cc(Nc2ccc(NC(=O)/C=C\c3ccc4c(c3)OCCO4)cc2)ncn1. The van der Waals surface area contributed by atoms with Crippen molar-refractivity contribution in [2.45, 2.75) is 6.92 Å². The van der Waals surface area contributed by atoms with Crippen LogP contribution < -0.4 is 20.1 Å². The summed E-state index contributed by atoms with van der Waals surface area (Å²) in [5.41, 5.74) is 3.32. The second kappa shape index (κ2) is 8.43. The Morgan fingerprint density at radius 3 is 2.52 bits per heavy atom. The van der Waals surface area contributed by atoms with E-state index >= 15 is 0 Å². The Kier molecular flexibility index (Phi) is 5.38. The van der Waals surface area contributed by atoms with Crippen molar-refractivity contribution >= 4 is 29.2 Å². The normalized spacial score (nSPS) is 12.6. The number of aryl methyl sites for hydroxylation is 1. The number of carbonyl (C=O) groups excluding carboxylic acids is 1. The second-order valence-corrected chi connectivity index (χ2v) is 6.47. The number of hydrogen-bond acceptors (Lipinski definition) is 6. The van der Waals surface area contributed by atoms with Crippen molar-refractivity contribution in [3.63, 3.8) is 0 Å². The highest BCUT2D eigenvalue weighted by molar-refractivity contribution is 6.02. The van der Waals surface area contributed by atoms with Gasteiger partial charge >= 0.3 is 0 Å². The zero-order valence-electron chi connectivity index (χ0n) is 15.9. The lowest BCUT2D eigenvalue weighted by Gasteiger charge is -2.18. The van der Waals surface area contributed by atoms with Gasteiger partial charge < -0.3 is 20.1 Å². The van der Waals surface area contributed by atoms with E-state index in [1.807, 2.05) is 55.5 Å². The van der Waals surface area contributed by atoms with Crippen LogP contribution in [0.25, 0.3) is 6.08 Å². The lowest BCUT2D eigenvalue weighted by molar-refractivity contribution is -0.111. The van der Waals surface area contributed by atoms with Crippen LogP contribution in [-0.2, 0) is 4.79 Å². The number of nitrogens with one attached hydrogen (secondary N) is 2. The number of fused-ring (bicyclic) bond motifs is 1. The Hall–Kier alpha value is -3.87. The minimum absolute atomic E-state index is 0.216. The number of nitrogens with zero attached hydrogens (tertiary/aromatic N) is 2. The Bertz CT molecular complexity index is 1050. The largest absolute Gasteiger partial charge is 0.486 e. The molecule has 0 unspecified atom stereocenters. The predicted molar refractivity (Wildman–Crippen MR) is 112 cm³/mol. The van der Waals surface area contributed by atoms with Crippen molar-refractivity contribution < 1.29 is 14.3 Å².